The van der Waals surface area contributed by atoms with Crippen LogP contribution in [-0.2, 0) is 14.3 Å². The van der Waals surface area contributed by atoms with Crippen molar-refractivity contribution in [2.24, 2.45) is 0 Å². The molecule has 2 fully saturated rings. The van der Waals surface area contributed by atoms with Gasteiger partial charge in [0.1, 0.15) is 11.2 Å². The Bertz CT molecular complexity index is 593. The van der Waals surface area contributed by atoms with Crippen molar-refractivity contribution in [3.05, 3.63) is 0 Å². The van der Waals surface area contributed by atoms with E-state index in [9.17, 15) is 19.5 Å². The van der Waals surface area contributed by atoms with Crippen LogP contribution in [0.3, 0.4) is 0 Å². The second-order valence-electron chi connectivity index (χ2n) is 9.61. The minimum Gasteiger partial charge on any atom is -0.444 e. The molecule has 1 N–H and O–H groups in total. The molecule has 2 rings (SSSR count). The Hall–Kier alpha value is -1.48. The summed E-state index contributed by atoms with van der Waals surface area (Å²) < 4.78 is 10.5. The summed E-state index contributed by atoms with van der Waals surface area (Å²) in [6, 6.07) is -0.253. The largest absolute Gasteiger partial charge is 0.444 e. The standard InChI is InChI=1S/C12H21NO4S.C9H17NO2/c1-8(15)18-10-5-9(7-14)13(6-10)11(16)17-12(2,3)4;1-9(2,3)12-8(11)10-6-4-5-7-10/h9-10,14H,5-7H2,1-4H3;4-7H2,1-3H3/t9-,10-;/m0./s1. The molecule has 174 valence electrons. The third-order valence-corrected chi connectivity index (χ3v) is 5.31. The third-order valence-electron chi connectivity index (χ3n) is 4.31. The van der Waals surface area contributed by atoms with Crippen LogP contribution in [0, 0.1) is 0 Å². The topological polar surface area (TPSA) is 96.4 Å². The van der Waals surface area contributed by atoms with E-state index in [0.29, 0.717) is 13.0 Å². The molecule has 0 aromatic heterocycles. The molecule has 8 nitrogen and oxygen atoms in total. The van der Waals surface area contributed by atoms with Gasteiger partial charge in [-0.3, -0.25) is 4.79 Å². The summed E-state index contributed by atoms with van der Waals surface area (Å²) in [5.74, 6) is 0. The van der Waals surface area contributed by atoms with Gasteiger partial charge in [0.05, 0.1) is 12.6 Å². The molecule has 2 aliphatic rings. The lowest BCUT2D eigenvalue weighted by Crippen LogP contribution is -2.41. The third kappa shape index (κ3) is 10.0. The maximum absolute atomic E-state index is 12.0. The van der Waals surface area contributed by atoms with Crippen molar-refractivity contribution in [2.75, 3.05) is 26.2 Å². The van der Waals surface area contributed by atoms with Gasteiger partial charge in [-0.25, -0.2) is 9.59 Å². The van der Waals surface area contributed by atoms with Gasteiger partial charge in [-0.05, 0) is 60.8 Å². The van der Waals surface area contributed by atoms with Gasteiger partial charge in [-0.2, -0.15) is 0 Å². The normalized spacial score (nSPS) is 21.7. The molecule has 9 heteroatoms. The monoisotopic (exact) mass is 446 g/mol. The summed E-state index contributed by atoms with van der Waals surface area (Å²) in [6.45, 7) is 14.6. The van der Waals surface area contributed by atoms with Crippen molar-refractivity contribution in [3.63, 3.8) is 0 Å². The van der Waals surface area contributed by atoms with Crippen molar-refractivity contribution >= 4 is 29.1 Å². The van der Waals surface area contributed by atoms with Crippen LogP contribution in [0.25, 0.3) is 0 Å². The first-order valence-electron chi connectivity index (χ1n) is 10.5. The van der Waals surface area contributed by atoms with E-state index in [1.54, 1.807) is 25.7 Å². The number of carbonyl (C=O) groups excluding carboxylic acids is 3. The van der Waals surface area contributed by atoms with E-state index in [-0.39, 0.29) is 34.7 Å². The number of nitrogens with zero attached hydrogens (tertiary/aromatic N) is 2. The number of carbonyl (C=O) groups is 3. The van der Waals surface area contributed by atoms with Crippen LogP contribution in [0.4, 0.5) is 9.59 Å². The Balaban J connectivity index is 0.000000325. The van der Waals surface area contributed by atoms with Crippen LogP contribution in [-0.4, -0.2) is 80.9 Å². The van der Waals surface area contributed by atoms with Crippen molar-refractivity contribution in [2.45, 2.75) is 90.2 Å². The van der Waals surface area contributed by atoms with Crippen molar-refractivity contribution in [3.8, 4) is 0 Å². The number of aliphatic hydroxyl groups excluding tert-OH is 1. The molecule has 2 saturated heterocycles. The van der Waals surface area contributed by atoms with Gasteiger partial charge in [0.25, 0.3) is 0 Å². The number of amides is 2. The molecule has 2 atom stereocenters. The number of aliphatic hydroxyl groups is 1. The molecule has 0 saturated carbocycles. The predicted molar refractivity (Wildman–Crippen MR) is 118 cm³/mol. The first-order chi connectivity index (χ1) is 13.7. The number of hydrogen-bond donors (Lipinski definition) is 1. The van der Waals surface area contributed by atoms with E-state index in [0.717, 1.165) is 25.9 Å². The smallest absolute Gasteiger partial charge is 0.410 e. The molecule has 2 aliphatic heterocycles. The van der Waals surface area contributed by atoms with Crippen molar-refractivity contribution < 1.29 is 29.0 Å². The number of hydrogen-bond acceptors (Lipinski definition) is 7. The van der Waals surface area contributed by atoms with E-state index in [1.807, 2.05) is 20.8 Å². The SMILES string of the molecule is CC(=O)S[C@H]1C[C@@H](CO)N(C(=O)OC(C)(C)C)C1.CC(C)(C)OC(=O)N1CCCC1. The van der Waals surface area contributed by atoms with Crippen LogP contribution in [0.15, 0.2) is 0 Å². The summed E-state index contributed by atoms with van der Waals surface area (Å²) >= 11 is 1.22. The van der Waals surface area contributed by atoms with E-state index in [1.165, 1.54) is 23.6 Å². The van der Waals surface area contributed by atoms with Gasteiger partial charge in [0.15, 0.2) is 5.12 Å². The number of rotatable bonds is 2. The molecule has 2 heterocycles. The quantitative estimate of drug-likeness (QED) is 0.691. The van der Waals surface area contributed by atoms with Gasteiger partial charge < -0.3 is 24.4 Å². The van der Waals surface area contributed by atoms with Gasteiger partial charge >= 0.3 is 12.2 Å². The zero-order chi connectivity index (χ0) is 23.1. The van der Waals surface area contributed by atoms with E-state index in [2.05, 4.69) is 0 Å². The molecular weight excluding hydrogens is 408 g/mol. The number of likely N-dealkylation sites (tertiary alicyclic amines) is 2. The fraction of sp³-hybridized carbons (Fsp3) is 0.857. The second kappa shape index (κ2) is 11.2. The molecule has 0 aromatic rings. The highest BCUT2D eigenvalue weighted by atomic mass is 32.2. The van der Waals surface area contributed by atoms with Gasteiger partial charge in [0.2, 0.25) is 0 Å². The first-order valence-corrected chi connectivity index (χ1v) is 11.4. The minimum absolute atomic E-state index is 0.0303. The molecule has 0 aromatic carbocycles. The summed E-state index contributed by atoms with van der Waals surface area (Å²) in [5.41, 5.74) is -0.914. The zero-order valence-electron chi connectivity index (χ0n) is 19.4. The zero-order valence-corrected chi connectivity index (χ0v) is 20.2. The second-order valence-corrected chi connectivity index (χ2v) is 11.1. The first kappa shape index (κ1) is 26.6. The summed E-state index contributed by atoms with van der Waals surface area (Å²) in [5, 5.41) is 9.37. The van der Waals surface area contributed by atoms with Crippen molar-refractivity contribution in [1.82, 2.24) is 9.80 Å². The number of ether oxygens (including phenoxy) is 2. The van der Waals surface area contributed by atoms with Gasteiger partial charge in [0, 0.05) is 31.8 Å². The highest BCUT2D eigenvalue weighted by Gasteiger charge is 2.37. The molecule has 0 radical (unpaired) electrons. The maximum Gasteiger partial charge on any atom is 0.410 e. The molecule has 0 aliphatic carbocycles. The number of thioether (sulfide) groups is 1. The lowest BCUT2D eigenvalue weighted by Gasteiger charge is -2.27. The summed E-state index contributed by atoms with van der Waals surface area (Å²) in [6.07, 6.45) is 2.26. The van der Waals surface area contributed by atoms with Crippen molar-refractivity contribution in [1.29, 1.82) is 0 Å². The molecule has 0 bridgehead atoms. The predicted octanol–water partition coefficient (Wildman–Crippen LogP) is 3.65. The van der Waals surface area contributed by atoms with Gasteiger partial charge in [-0.1, -0.05) is 11.8 Å². The molecule has 30 heavy (non-hydrogen) atoms. The van der Waals surface area contributed by atoms with E-state index < -0.39 is 11.7 Å². The van der Waals surface area contributed by atoms with Crippen LogP contribution in [0.5, 0.6) is 0 Å². The van der Waals surface area contributed by atoms with E-state index in [4.69, 9.17) is 9.47 Å². The van der Waals surface area contributed by atoms with Crippen LogP contribution in [0.2, 0.25) is 0 Å². The van der Waals surface area contributed by atoms with Crippen LogP contribution in [0.1, 0.15) is 67.7 Å². The van der Waals surface area contributed by atoms with Crippen LogP contribution < -0.4 is 0 Å². The Labute approximate surface area is 184 Å². The average molecular weight is 447 g/mol. The van der Waals surface area contributed by atoms with Crippen LogP contribution >= 0.6 is 11.8 Å². The Morgan fingerprint density at radius 3 is 1.90 bits per heavy atom. The molecule has 0 unspecified atom stereocenters. The highest BCUT2D eigenvalue weighted by Crippen LogP contribution is 2.29. The Morgan fingerprint density at radius 1 is 0.967 bits per heavy atom. The van der Waals surface area contributed by atoms with E-state index >= 15 is 0 Å². The van der Waals surface area contributed by atoms with Gasteiger partial charge in [-0.15, -0.1) is 0 Å². The maximum atomic E-state index is 12.0. The Kier molecular flexibility index (Phi) is 9.94. The molecular formula is C21H38N2O6S. The molecule has 0 spiro atoms. The summed E-state index contributed by atoms with van der Waals surface area (Å²) in [4.78, 5) is 37.7. The Morgan fingerprint density at radius 2 is 1.47 bits per heavy atom. The lowest BCUT2D eigenvalue weighted by molar-refractivity contribution is -0.109. The summed E-state index contributed by atoms with van der Waals surface area (Å²) in [7, 11) is 0. The molecule has 2 amide bonds. The fourth-order valence-electron chi connectivity index (χ4n) is 3.14. The lowest BCUT2D eigenvalue weighted by atomic mass is 10.2. The fourth-order valence-corrected chi connectivity index (χ4v) is 4.16. The highest BCUT2D eigenvalue weighted by molar-refractivity contribution is 8.14. The minimum atomic E-state index is -0.553. The average Bonchev–Trinajstić information content (AvgIpc) is 3.21.